The van der Waals surface area contributed by atoms with E-state index < -0.39 is 17.6 Å². The zero-order chi connectivity index (χ0) is 27.1. The van der Waals surface area contributed by atoms with Gasteiger partial charge in [0.05, 0.1) is 36.1 Å². The Bertz CT molecular complexity index is 1250. The summed E-state index contributed by atoms with van der Waals surface area (Å²) >= 11 is 0. The van der Waals surface area contributed by atoms with Gasteiger partial charge in [-0.15, -0.1) is 0 Å². The molecule has 1 aliphatic rings. The number of nitrogens with zero attached hydrogens (tertiary/aromatic N) is 4. The summed E-state index contributed by atoms with van der Waals surface area (Å²) in [5, 5.41) is 10.5. The van der Waals surface area contributed by atoms with Crippen LogP contribution in [0, 0.1) is 18.3 Å². The van der Waals surface area contributed by atoms with Gasteiger partial charge in [0.1, 0.15) is 0 Å². The average molecular weight is 512 g/mol. The van der Waals surface area contributed by atoms with E-state index in [0.29, 0.717) is 13.2 Å². The number of anilines is 1. The fraction of sp³-hybridized carbons (Fsp3) is 0.333. The number of nitriles is 1. The number of carbonyl (C=O) groups is 1. The number of hydrogen-bond acceptors (Lipinski definition) is 6. The molecule has 1 amide bonds. The third kappa shape index (κ3) is 7.51. The first kappa shape index (κ1) is 27.6. The fourth-order valence-electron chi connectivity index (χ4n) is 3.76. The molecule has 0 saturated carbocycles. The van der Waals surface area contributed by atoms with E-state index in [1.807, 2.05) is 33.0 Å². The minimum atomic E-state index is -4.67. The summed E-state index contributed by atoms with van der Waals surface area (Å²) in [6.07, 6.45) is -1.03. The van der Waals surface area contributed by atoms with Crippen LogP contribution in [0.2, 0.25) is 0 Å². The van der Waals surface area contributed by atoms with Gasteiger partial charge in [0.15, 0.2) is 0 Å². The Morgan fingerprint density at radius 2 is 1.76 bits per heavy atom. The molecule has 0 bridgehead atoms. The van der Waals surface area contributed by atoms with E-state index in [-0.39, 0.29) is 5.56 Å². The number of rotatable bonds is 4. The van der Waals surface area contributed by atoms with Gasteiger partial charge in [0.25, 0.3) is 5.91 Å². The summed E-state index contributed by atoms with van der Waals surface area (Å²) < 4.78 is 40.4. The smallest absolute Gasteiger partial charge is 0.378 e. The maximum absolute atomic E-state index is 11.7. The van der Waals surface area contributed by atoms with Crippen molar-refractivity contribution < 1.29 is 22.7 Å². The topological polar surface area (TPSA) is 91.1 Å². The Labute approximate surface area is 213 Å². The SMILES string of the molecule is Cc1ncccc1-c1cnc(C(C)(C)C#N)c(N2CCOCC2)c1.O=C(NC(F)(F)F)c1ccccc1. The molecule has 37 heavy (non-hydrogen) atoms. The minimum absolute atomic E-state index is 0.0141. The summed E-state index contributed by atoms with van der Waals surface area (Å²) in [6, 6.07) is 15.7. The molecule has 1 aromatic carbocycles. The van der Waals surface area contributed by atoms with Crippen LogP contribution in [0.5, 0.6) is 0 Å². The molecule has 0 spiro atoms. The van der Waals surface area contributed by atoms with Crippen LogP contribution in [-0.2, 0) is 10.2 Å². The quantitative estimate of drug-likeness (QED) is 0.495. The molecule has 3 aromatic rings. The van der Waals surface area contributed by atoms with Gasteiger partial charge in [-0.3, -0.25) is 20.1 Å². The molecular weight excluding hydrogens is 483 g/mol. The van der Waals surface area contributed by atoms with Crippen molar-refractivity contribution in [3.63, 3.8) is 0 Å². The van der Waals surface area contributed by atoms with E-state index in [4.69, 9.17) is 4.74 Å². The summed E-state index contributed by atoms with van der Waals surface area (Å²) in [5.41, 5.74) is 4.25. The van der Waals surface area contributed by atoms with Crippen LogP contribution in [0.15, 0.2) is 60.9 Å². The van der Waals surface area contributed by atoms with Crippen molar-refractivity contribution in [2.75, 3.05) is 31.2 Å². The standard InChI is InChI=1S/C19H22N4O.C8H6F3NO/c1-14-16(5-4-6-21-14)15-11-17(23-7-9-24-10-8-23)18(22-12-15)19(2,3)13-20;9-8(10,11)12-7(13)6-4-2-1-3-5-6/h4-6,11-12H,7-10H2,1-3H3;1-5H,(H,12,13). The van der Waals surface area contributed by atoms with E-state index >= 15 is 0 Å². The fourth-order valence-corrected chi connectivity index (χ4v) is 3.76. The van der Waals surface area contributed by atoms with Crippen molar-refractivity contribution in [1.82, 2.24) is 15.3 Å². The number of nitrogens with one attached hydrogen (secondary N) is 1. The van der Waals surface area contributed by atoms with Gasteiger partial charge in [-0.1, -0.05) is 24.3 Å². The van der Waals surface area contributed by atoms with E-state index in [1.165, 1.54) is 24.3 Å². The molecule has 1 N–H and O–H groups in total. The Balaban J connectivity index is 0.000000248. The lowest BCUT2D eigenvalue weighted by molar-refractivity contribution is -0.146. The van der Waals surface area contributed by atoms with Crippen LogP contribution in [-0.4, -0.2) is 48.5 Å². The van der Waals surface area contributed by atoms with Gasteiger partial charge in [-0.05, 0) is 45.0 Å². The van der Waals surface area contributed by atoms with Gasteiger partial charge < -0.3 is 9.64 Å². The highest BCUT2D eigenvalue weighted by Gasteiger charge is 2.30. The van der Waals surface area contributed by atoms with E-state index in [1.54, 1.807) is 12.3 Å². The number of amides is 1. The maximum Gasteiger partial charge on any atom is 0.484 e. The monoisotopic (exact) mass is 511 g/mol. The molecule has 0 aliphatic carbocycles. The highest BCUT2D eigenvalue weighted by atomic mass is 19.4. The van der Waals surface area contributed by atoms with E-state index in [9.17, 15) is 23.2 Å². The van der Waals surface area contributed by atoms with Crippen LogP contribution in [0.3, 0.4) is 0 Å². The number of carbonyl (C=O) groups excluding carboxylic acids is 1. The molecule has 0 atom stereocenters. The number of aromatic nitrogens is 2. The number of pyridine rings is 2. The molecule has 10 heteroatoms. The molecule has 7 nitrogen and oxygen atoms in total. The molecular formula is C27H28F3N5O2. The summed E-state index contributed by atoms with van der Waals surface area (Å²) in [6.45, 7) is 8.84. The third-order valence-electron chi connectivity index (χ3n) is 5.70. The number of morpholine rings is 1. The first-order chi connectivity index (χ1) is 17.5. The molecule has 2 aromatic heterocycles. The Kier molecular flexibility index (Phi) is 8.84. The second kappa shape index (κ2) is 11.8. The number of alkyl halides is 3. The van der Waals surface area contributed by atoms with Crippen molar-refractivity contribution in [1.29, 1.82) is 5.26 Å². The number of halogens is 3. The predicted octanol–water partition coefficient (Wildman–Crippen LogP) is 5.03. The van der Waals surface area contributed by atoms with Crippen LogP contribution in [0.25, 0.3) is 11.1 Å². The van der Waals surface area contributed by atoms with E-state index in [2.05, 4.69) is 33.1 Å². The molecule has 0 unspecified atom stereocenters. The second-order valence-corrected chi connectivity index (χ2v) is 8.88. The zero-order valence-corrected chi connectivity index (χ0v) is 20.8. The maximum atomic E-state index is 11.7. The second-order valence-electron chi connectivity index (χ2n) is 8.88. The normalized spacial score (nSPS) is 13.7. The number of ether oxygens (including phenoxy) is 1. The highest BCUT2D eigenvalue weighted by molar-refractivity contribution is 5.94. The summed E-state index contributed by atoms with van der Waals surface area (Å²) in [4.78, 5) is 22.1. The Morgan fingerprint density at radius 1 is 1.08 bits per heavy atom. The number of benzene rings is 1. The summed E-state index contributed by atoms with van der Waals surface area (Å²) in [7, 11) is 0. The number of aryl methyl sites for hydroxylation is 1. The molecule has 1 aliphatic heterocycles. The Hall–Kier alpha value is -3.97. The van der Waals surface area contributed by atoms with Crippen molar-refractivity contribution in [3.05, 3.63) is 77.9 Å². The predicted molar refractivity (Wildman–Crippen MR) is 134 cm³/mol. The molecule has 1 fully saturated rings. The molecule has 3 heterocycles. The van der Waals surface area contributed by atoms with Gasteiger partial charge in [0.2, 0.25) is 0 Å². The lowest BCUT2D eigenvalue weighted by atomic mass is 9.88. The van der Waals surface area contributed by atoms with Crippen molar-refractivity contribution >= 4 is 11.6 Å². The first-order valence-corrected chi connectivity index (χ1v) is 11.6. The van der Waals surface area contributed by atoms with Crippen LogP contribution >= 0.6 is 0 Å². The van der Waals surface area contributed by atoms with Crippen molar-refractivity contribution in [2.24, 2.45) is 0 Å². The molecule has 194 valence electrons. The Morgan fingerprint density at radius 3 is 2.35 bits per heavy atom. The lowest BCUT2D eigenvalue weighted by Gasteiger charge is -2.32. The van der Waals surface area contributed by atoms with Crippen LogP contribution in [0.4, 0.5) is 18.9 Å². The largest absolute Gasteiger partial charge is 0.484 e. The first-order valence-electron chi connectivity index (χ1n) is 11.6. The lowest BCUT2D eigenvalue weighted by Crippen LogP contribution is -2.38. The molecule has 0 radical (unpaired) electrons. The van der Waals surface area contributed by atoms with Gasteiger partial charge in [0, 0.05) is 47.9 Å². The average Bonchev–Trinajstić information content (AvgIpc) is 2.89. The van der Waals surface area contributed by atoms with Crippen LogP contribution < -0.4 is 10.2 Å². The van der Waals surface area contributed by atoms with Crippen molar-refractivity contribution in [2.45, 2.75) is 32.5 Å². The van der Waals surface area contributed by atoms with E-state index in [0.717, 1.165) is 46.6 Å². The third-order valence-corrected chi connectivity index (χ3v) is 5.70. The number of hydrogen-bond donors (Lipinski definition) is 1. The molecule has 4 rings (SSSR count). The van der Waals surface area contributed by atoms with Crippen molar-refractivity contribution in [3.8, 4) is 17.2 Å². The van der Waals surface area contributed by atoms with Gasteiger partial charge >= 0.3 is 6.30 Å². The summed E-state index contributed by atoms with van der Waals surface area (Å²) in [5.74, 6) is -1.15. The minimum Gasteiger partial charge on any atom is -0.378 e. The van der Waals surface area contributed by atoms with Gasteiger partial charge in [-0.25, -0.2) is 0 Å². The van der Waals surface area contributed by atoms with Crippen LogP contribution in [0.1, 0.15) is 35.6 Å². The highest BCUT2D eigenvalue weighted by Crippen LogP contribution is 2.34. The van der Waals surface area contributed by atoms with Gasteiger partial charge in [-0.2, -0.15) is 18.4 Å². The molecule has 1 saturated heterocycles. The zero-order valence-electron chi connectivity index (χ0n) is 20.8.